The molecule has 3 aromatic rings. The van der Waals surface area contributed by atoms with E-state index in [4.69, 9.17) is 0 Å². The first kappa shape index (κ1) is 26.4. The van der Waals surface area contributed by atoms with E-state index in [1.165, 1.54) is 0 Å². The van der Waals surface area contributed by atoms with Gasteiger partial charge >= 0.3 is 5.97 Å². The molecule has 0 spiro atoms. The third kappa shape index (κ3) is 5.38. The Labute approximate surface area is 218 Å². The van der Waals surface area contributed by atoms with Gasteiger partial charge in [0.2, 0.25) is 11.8 Å². The van der Waals surface area contributed by atoms with Gasteiger partial charge in [0, 0.05) is 17.4 Å². The second-order valence-corrected chi connectivity index (χ2v) is 11.4. The molecule has 1 fully saturated rings. The monoisotopic (exact) mass is 500 g/mol. The quantitative estimate of drug-likeness (QED) is 0.392. The Morgan fingerprint density at radius 1 is 0.784 bits per heavy atom. The van der Waals surface area contributed by atoms with Gasteiger partial charge in [0.25, 0.3) is 0 Å². The number of carbonyl (C=O) groups is 3. The molecule has 194 valence electrons. The summed E-state index contributed by atoms with van der Waals surface area (Å²) in [6, 6.07) is 23.3. The second-order valence-electron chi connectivity index (χ2n) is 11.4. The van der Waals surface area contributed by atoms with Crippen molar-refractivity contribution < 1.29 is 19.5 Å². The molecule has 1 aliphatic rings. The topological polar surface area (TPSA) is 95.5 Å². The molecular formula is C31H36N2O4. The number of carbonyl (C=O) groups excluding carboxylic acids is 2. The molecule has 6 nitrogen and oxygen atoms in total. The van der Waals surface area contributed by atoms with Crippen molar-refractivity contribution in [2.24, 2.45) is 16.2 Å². The summed E-state index contributed by atoms with van der Waals surface area (Å²) >= 11 is 0. The molecule has 1 saturated carbocycles. The predicted molar refractivity (Wildman–Crippen MR) is 145 cm³/mol. The van der Waals surface area contributed by atoms with Crippen LogP contribution in [0.1, 0.15) is 64.1 Å². The number of rotatable bonds is 7. The van der Waals surface area contributed by atoms with Crippen LogP contribution in [0.3, 0.4) is 0 Å². The third-order valence-corrected chi connectivity index (χ3v) is 7.89. The van der Waals surface area contributed by atoms with Gasteiger partial charge in [0.1, 0.15) is 0 Å². The van der Waals surface area contributed by atoms with Crippen molar-refractivity contribution in [1.29, 1.82) is 0 Å². The zero-order valence-electron chi connectivity index (χ0n) is 22.0. The summed E-state index contributed by atoms with van der Waals surface area (Å²) in [4.78, 5) is 39.7. The molecule has 1 aliphatic carbocycles. The Kier molecular flexibility index (Phi) is 7.13. The van der Waals surface area contributed by atoms with Crippen molar-refractivity contribution in [3.8, 4) is 0 Å². The lowest BCUT2D eigenvalue weighted by molar-refractivity contribution is -0.163. The Hall–Kier alpha value is -3.67. The Bertz CT molecular complexity index is 1320. The van der Waals surface area contributed by atoms with Crippen LogP contribution in [0.2, 0.25) is 0 Å². The summed E-state index contributed by atoms with van der Waals surface area (Å²) in [6.45, 7) is 7.51. The highest BCUT2D eigenvalue weighted by Crippen LogP contribution is 2.55. The minimum atomic E-state index is -1.22. The van der Waals surface area contributed by atoms with Crippen molar-refractivity contribution >= 4 is 28.6 Å². The number of benzene rings is 3. The summed E-state index contributed by atoms with van der Waals surface area (Å²) in [6.07, 6.45) is 0.584. The van der Waals surface area contributed by atoms with Crippen LogP contribution in [0.25, 0.3) is 10.8 Å². The van der Waals surface area contributed by atoms with E-state index < -0.39 is 22.2 Å². The van der Waals surface area contributed by atoms with E-state index in [-0.39, 0.29) is 37.1 Å². The number of nitrogens with one attached hydrogen (secondary N) is 2. The minimum Gasteiger partial charge on any atom is -0.481 e. The smallest absolute Gasteiger partial charge is 0.309 e. The lowest BCUT2D eigenvalue weighted by atomic mass is 9.54. The summed E-state index contributed by atoms with van der Waals surface area (Å²) in [7, 11) is 0. The molecule has 3 aromatic carbocycles. The van der Waals surface area contributed by atoms with Gasteiger partial charge in [-0.05, 0) is 55.0 Å². The lowest BCUT2D eigenvalue weighted by Gasteiger charge is -2.49. The Morgan fingerprint density at radius 2 is 1.35 bits per heavy atom. The molecule has 2 amide bonds. The van der Waals surface area contributed by atoms with Crippen molar-refractivity contribution in [1.82, 2.24) is 10.6 Å². The van der Waals surface area contributed by atoms with Gasteiger partial charge in [-0.2, -0.15) is 0 Å². The van der Waals surface area contributed by atoms with E-state index in [0.29, 0.717) is 6.54 Å². The third-order valence-electron chi connectivity index (χ3n) is 7.89. The van der Waals surface area contributed by atoms with E-state index in [2.05, 4.69) is 10.6 Å². The SMILES string of the molecule is CC(NC(=O)[C@@]1(C)C[C@@](C)(C(=O)O)C[C@@](C)(C(=O)NCc2ccccc2)C1)c1cccc2ccccc12. The maximum atomic E-state index is 13.8. The van der Waals surface area contributed by atoms with Crippen molar-refractivity contribution in [3.63, 3.8) is 0 Å². The van der Waals surface area contributed by atoms with Crippen LogP contribution in [0.15, 0.2) is 72.8 Å². The first-order valence-electron chi connectivity index (χ1n) is 12.8. The van der Waals surface area contributed by atoms with Gasteiger partial charge in [-0.1, -0.05) is 86.6 Å². The lowest BCUT2D eigenvalue weighted by Crippen LogP contribution is -2.56. The molecule has 37 heavy (non-hydrogen) atoms. The largest absolute Gasteiger partial charge is 0.481 e. The minimum absolute atomic E-state index is 0.158. The summed E-state index contributed by atoms with van der Waals surface area (Å²) < 4.78 is 0. The van der Waals surface area contributed by atoms with Crippen molar-refractivity contribution in [3.05, 3.63) is 83.9 Å². The molecule has 0 radical (unpaired) electrons. The molecule has 4 atom stereocenters. The molecule has 0 saturated heterocycles. The summed E-state index contributed by atoms with van der Waals surface area (Å²) in [5.74, 6) is -1.46. The number of carboxylic acid groups (broad SMARTS) is 1. The molecular weight excluding hydrogens is 464 g/mol. The molecule has 6 heteroatoms. The number of hydrogen-bond acceptors (Lipinski definition) is 3. The van der Waals surface area contributed by atoms with Crippen LogP contribution < -0.4 is 10.6 Å². The van der Waals surface area contributed by atoms with E-state index in [1.807, 2.05) is 79.7 Å². The first-order valence-corrected chi connectivity index (χ1v) is 12.8. The van der Waals surface area contributed by atoms with Gasteiger partial charge < -0.3 is 15.7 Å². The van der Waals surface area contributed by atoms with Crippen molar-refractivity contribution in [2.75, 3.05) is 0 Å². The van der Waals surface area contributed by atoms with Crippen LogP contribution >= 0.6 is 0 Å². The van der Waals surface area contributed by atoms with Crippen LogP contribution in [0.4, 0.5) is 0 Å². The van der Waals surface area contributed by atoms with E-state index in [9.17, 15) is 19.5 Å². The standard InChI is InChI=1S/C31H36N2O4/c1-21(24-16-10-14-23-13-8-9-15-25(23)24)33-27(35)30(3)18-29(2,19-31(4,20-30)28(36)37)26(34)32-17-22-11-6-5-7-12-22/h5-16,21H,17-20H2,1-4H3,(H,32,34)(H,33,35)(H,36,37)/t21?,29-,30+,31-/m0/s1. The van der Waals surface area contributed by atoms with Gasteiger partial charge in [-0.25, -0.2) is 0 Å². The molecule has 1 unspecified atom stereocenters. The number of fused-ring (bicyclic) bond motifs is 1. The zero-order chi connectivity index (χ0) is 26.8. The summed E-state index contributed by atoms with van der Waals surface area (Å²) in [5.41, 5.74) is -1.32. The Morgan fingerprint density at radius 3 is 2.03 bits per heavy atom. The normalized spacial score (nSPS) is 26.3. The predicted octanol–water partition coefficient (Wildman–Crippen LogP) is 5.62. The van der Waals surface area contributed by atoms with Crippen LogP contribution in [-0.4, -0.2) is 22.9 Å². The van der Waals surface area contributed by atoms with Crippen LogP contribution in [0, 0.1) is 16.2 Å². The first-order chi connectivity index (χ1) is 17.5. The highest BCUT2D eigenvalue weighted by atomic mass is 16.4. The number of carboxylic acids is 1. The zero-order valence-corrected chi connectivity index (χ0v) is 22.0. The van der Waals surface area contributed by atoms with E-state index >= 15 is 0 Å². The number of aliphatic carboxylic acids is 1. The highest BCUT2D eigenvalue weighted by Gasteiger charge is 2.57. The second kappa shape index (κ2) is 10.0. The fourth-order valence-corrected chi connectivity index (χ4v) is 6.31. The van der Waals surface area contributed by atoms with Crippen LogP contribution in [0.5, 0.6) is 0 Å². The maximum Gasteiger partial charge on any atom is 0.309 e. The molecule has 0 aromatic heterocycles. The molecule has 0 aliphatic heterocycles. The van der Waals surface area contributed by atoms with Gasteiger partial charge in [-0.3, -0.25) is 14.4 Å². The molecule has 0 heterocycles. The van der Waals surface area contributed by atoms with Gasteiger partial charge in [-0.15, -0.1) is 0 Å². The maximum absolute atomic E-state index is 13.8. The molecule has 0 bridgehead atoms. The average Bonchev–Trinajstić information content (AvgIpc) is 2.86. The highest BCUT2D eigenvalue weighted by molar-refractivity contribution is 5.90. The van der Waals surface area contributed by atoms with Crippen LogP contribution in [-0.2, 0) is 20.9 Å². The number of amides is 2. The van der Waals surface area contributed by atoms with Gasteiger partial charge in [0.05, 0.1) is 11.5 Å². The molecule has 3 N–H and O–H groups in total. The summed E-state index contributed by atoms with van der Waals surface area (Å²) in [5, 5.41) is 18.4. The number of hydrogen-bond donors (Lipinski definition) is 3. The van der Waals surface area contributed by atoms with E-state index in [1.54, 1.807) is 20.8 Å². The van der Waals surface area contributed by atoms with Crippen molar-refractivity contribution in [2.45, 2.75) is 59.5 Å². The fraction of sp³-hybridized carbons (Fsp3) is 0.387. The van der Waals surface area contributed by atoms with E-state index in [0.717, 1.165) is 21.9 Å². The average molecular weight is 501 g/mol. The Balaban J connectivity index is 1.58. The molecule has 4 rings (SSSR count). The fourth-order valence-electron chi connectivity index (χ4n) is 6.31. The van der Waals surface area contributed by atoms with Gasteiger partial charge in [0.15, 0.2) is 0 Å².